The molecule has 2 amide bonds. The molecule has 142 valence electrons. The summed E-state index contributed by atoms with van der Waals surface area (Å²) in [6.07, 6.45) is -6.12. The SMILES string of the molecule is O=C(O)NC1CN(c2cccc(C(F)(F)F)n2)c2cccc(Cl)c2NC1=O. The zero-order chi connectivity index (χ0) is 19.8. The van der Waals surface area contributed by atoms with Gasteiger partial charge in [0.2, 0.25) is 5.91 Å². The molecule has 0 radical (unpaired) electrons. The van der Waals surface area contributed by atoms with Crippen molar-refractivity contribution in [2.45, 2.75) is 12.2 Å². The van der Waals surface area contributed by atoms with E-state index in [4.69, 9.17) is 16.7 Å². The lowest BCUT2D eigenvalue weighted by Crippen LogP contribution is -2.48. The van der Waals surface area contributed by atoms with Crippen LogP contribution in [0.5, 0.6) is 0 Å². The molecule has 1 aliphatic heterocycles. The molecule has 11 heteroatoms. The highest BCUT2D eigenvalue weighted by Gasteiger charge is 2.35. The largest absolute Gasteiger partial charge is 0.465 e. The smallest absolute Gasteiger partial charge is 0.433 e. The minimum absolute atomic E-state index is 0.109. The first kappa shape index (κ1) is 18.8. The normalized spacial score (nSPS) is 17.0. The van der Waals surface area contributed by atoms with Crippen molar-refractivity contribution < 1.29 is 27.9 Å². The monoisotopic (exact) mass is 400 g/mol. The van der Waals surface area contributed by atoms with Gasteiger partial charge in [-0.15, -0.1) is 0 Å². The second-order valence-corrected chi connectivity index (χ2v) is 6.02. The third-order valence-corrected chi connectivity index (χ3v) is 4.13. The fraction of sp³-hybridized carbons (Fsp3) is 0.188. The van der Waals surface area contributed by atoms with Gasteiger partial charge in [0.15, 0.2) is 0 Å². The summed E-state index contributed by atoms with van der Waals surface area (Å²) in [7, 11) is 0. The third kappa shape index (κ3) is 3.90. The Morgan fingerprint density at radius 3 is 2.67 bits per heavy atom. The van der Waals surface area contributed by atoms with E-state index in [-0.39, 0.29) is 28.8 Å². The topological polar surface area (TPSA) is 94.6 Å². The molecule has 3 N–H and O–H groups in total. The number of fused-ring (bicyclic) bond motifs is 1. The van der Waals surface area contributed by atoms with Crippen LogP contribution < -0.4 is 15.5 Å². The summed E-state index contributed by atoms with van der Waals surface area (Å²) in [5, 5.41) is 13.6. The van der Waals surface area contributed by atoms with Crippen molar-refractivity contribution in [2.24, 2.45) is 0 Å². The van der Waals surface area contributed by atoms with Crippen molar-refractivity contribution in [2.75, 3.05) is 16.8 Å². The third-order valence-electron chi connectivity index (χ3n) is 3.81. The quantitative estimate of drug-likeness (QED) is 0.717. The Hall–Kier alpha value is -3.01. The van der Waals surface area contributed by atoms with Gasteiger partial charge in [-0.3, -0.25) is 4.79 Å². The predicted molar refractivity (Wildman–Crippen MR) is 91.3 cm³/mol. The standard InChI is InChI=1S/C16H12ClF3N4O3/c17-8-3-1-4-10-13(8)23-14(25)9(21-15(26)27)7-24(10)12-6-2-5-11(22-12)16(18,19)20/h1-6,9,21H,7H2,(H,23,25)(H,26,27). The van der Waals surface area contributed by atoms with E-state index in [1.54, 1.807) is 6.07 Å². The van der Waals surface area contributed by atoms with Gasteiger partial charge in [-0.25, -0.2) is 9.78 Å². The molecule has 2 aromatic rings. The van der Waals surface area contributed by atoms with Gasteiger partial charge in [-0.2, -0.15) is 13.2 Å². The Morgan fingerprint density at radius 1 is 1.30 bits per heavy atom. The number of hydrogen-bond donors (Lipinski definition) is 3. The minimum atomic E-state index is -4.66. The van der Waals surface area contributed by atoms with Crippen LogP contribution >= 0.6 is 11.6 Å². The van der Waals surface area contributed by atoms with E-state index in [0.717, 1.165) is 6.07 Å². The van der Waals surface area contributed by atoms with Gasteiger partial charge in [0.05, 0.1) is 22.9 Å². The van der Waals surface area contributed by atoms with Gasteiger partial charge >= 0.3 is 12.3 Å². The molecule has 0 aliphatic carbocycles. The number of rotatable bonds is 2. The highest BCUT2D eigenvalue weighted by molar-refractivity contribution is 6.34. The van der Waals surface area contributed by atoms with Crippen molar-refractivity contribution in [3.05, 3.63) is 47.1 Å². The summed E-state index contributed by atoms with van der Waals surface area (Å²) >= 11 is 6.11. The number of halogens is 4. The van der Waals surface area contributed by atoms with Crippen LogP contribution in [0.4, 0.5) is 35.2 Å². The molecule has 0 bridgehead atoms. The van der Waals surface area contributed by atoms with Crippen LogP contribution in [0.3, 0.4) is 0 Å². The first-order valence-corrected chi connectivity index (χ1v) is 7.95. The van der Waals surface area contributed by atoms with Crippen LogP contribution in [0.1, 0.15) is 5.69 Å². The Kier molecular flexibility index (Phi) is 4.83. The number of para-hydroxylation sites is 1. The number of alkyl halides is 3. The number of anilines is 3. The highest BCUT2D eigenvalue weighted by Crippen LogP contribution is 2.39. The molecule has 0 spiro atoms. The van der Waals surface area contributed by atoms with Crippen LogP contribution in [0.15, 0.2) is 36.4 Å². The van der Waals surface area contributed by atoms with Gasteiger partial charge < -0.3 is 20.6 Å². The van der Waals surface area contributed by atoms with E-state index in [1.165, 1.54) is 29.2 Å². The summed E-state index contributed by atoms with van der Waals surface area (Å²) in [5.41, 5.74) is -0.676. The van der Waals surface area contributed by atoms with Gasteiger partial charge in [0.25, 0.3) is 0 Å². The molecule has 0 saturated carbocycles. The molecule has 0 fully saturated rings. The van der Waals surface area contributed by atoms with Gasteiger partial charge in [-0.1, -0.05) is 23.7 Å². The molecule has 1 atom stereocenters. The van der Waals surface area contributed by atoms with E-state index < -0.39 is 29.9 Å². The van der Waals surface area contributed by atoms with Crippen molar-refractivity contribution >= 4 is 40.8 Å². The maximum absolute atomic E-state index is 13.0. The second kappa shape index (κ2) is 6.95. The Balaban J connectivity index is 2.12. The molecular formula is C16H12ClF3N4O3. The highest BCUT2D eigenvalue weighted by atomic mass is 35.5. The lowest BCUT2D eigenvalue weighted by atomic mass is 10.2. The maximum atomic E-state index is 13.0. The van der Waals surface area contributed by atoms with Gasteiger partial charge in [0.1, 0.15) is 17.6 Å². The van der Waals surface area contributed by atoms with Crippen molar-refractivity contribution in [1.82, 2.24) is 10.3 Å². The fourth-order valence-electron chi connectivity index (χ4n) is 2.64. The summed E-state index contributed by atoms with van der Waals surface area (Å²) in [5.74, 6) is -0.803. The fourth-order valence-corrected chi connectivity index (χ4v) is 2.86. The number of benzene rings is 1. The van der Waals surface area contributed by atoms with E-state index in [0.29, 0.717) is 0 Å². The van der Waals surface area contributed by atoms with Crippen LogP contribution in [0.25, 0.3) is 0 Å². The lowest BCUT2D eigenvalue weighted by molar-refractivity contribution is -0.141. The molecule has 0 saturated heterocycles. The molecular weight excluding hydrogens is 389 g/mol. The zero-order valence-electron chi connectivity index (χ0n) is 13.4. The number of pyridine rings is 1. The average Bonchev–Trinajstić information content (AvgIpc) is 2.72. The molecule has 1 unspecified atom stereocenters. The molecule has 1 aromatic heterocycles. The Bertz CT molecular complexity index is 907. The molecule has 3 rings (SSSR count). The molecule has 1 aromatic carbocycles. The molecule has 1 aliphatic rings. The molecule has 2 heterocycles. The van der Waals surface area contributed by atoms with Crippen molar-refractivity contribution in [3.8, 4) is 0 Å². The minimum Gasteiger partial charge on any atom is -0.465 e. The maximum Gasteiger partial charge on any atom is 0.433 e. The lowest BCUT2D eigenvalue weighted by Gasteiger charge is -2.26. The second-order valence-electron chi connectivity index (χ2n) is 5.61. The number of nitrogens with one attached hydrogen (secondary N) is 2. The van der Waals surface area contributed by atoms with Crippen molar-refractivity contribution in [3.63, 3.8) is 0 Å². The Labute approximate surface area is 155 Å². The average molecular weight is 401 g/mol. The number of carbonyl (C=O) groups excluding carboxylic acids is 1. The van der Waals surface area contributed by atoms with Crippen molar-refractivity contribution in [1.29, 1.82) is 0 Å². The van der Waals surface area contributed by atoms with Crippen LogP contribution in [-0.2, 0) is 11.0 Å². The summed E-state index contributed by atoms with van der Waals surface area (Å²) in [4.78, 5) is 28.3. The number of carbonyl (C=O) groups is 2. The van der Waals surface area contributed by atoms with E-state index in [1.807, 2.05) is 5.32 Å². The van der Waals surface area contributed by atoms with Gasteiger partial charge in [0, 0.05) is 0 Å². The number of amides is 2. The van der Waals surface area contributed by atoms with E-state index in [2.05, 4.69) is 10.3 Å². The Morgan fingerprint density at radius 2 is 2.00 bits per heavy atom. The van der Waals surface area contributed by atoms with E-state index in [9.17, 15) is 22.8 Å². The summed E-state index contributed by atoms with van der Waals surface area (Å²) < 4.78 is 39.1. The number of hydrogen-bond acceptors (Lipinski definition) is 4. The van der Waals surface area contributed by atoms with Crippen LogP contribution in [0.2, 0.25) is 5.02 Å². The summed E-state index contributed by atoms with van der Waals surface area (Å²) in [6, 6.07) is 6.64. The predicted octanol–water partition coefficient (Wildman–Crippen LogP) is 3.48. The molecule has 27 heavy (non-hydrogen) atoms. The summed E-state index contributed by atoms with van der Waals surface area (Å²) in [6.45, 7) is -0.278. The zero-order valence-corrected chi connectivity index (χ0v) is 14.2. The number of aromatic nitrogens is 1. The first-order chi connectivity index (χ1) is 12.7. The first-order valence-electron chi connectivity index (χ1n) is 7.57. The van der Waals surface area contributed by atoms with Crippen LogP contribution in [0, 0.1) is 0 Å². The number of nitrogens with zero attached hydrogens (tertiary/aromatic N) is 2. The molecule has 7 nitrogen and oxygen atoms in total. The van der Waals surface area contributed by atoms with Crippen LogP contribution in [-0.4, -0.2) is 34.7 Å². The van der Waals surface area contributed by atoms with E-state index >= 15 is 0 Å². The van der Waals surface area contributed by atoms with Gasteiger partial charge in [-0.05, 0) is 24.3 Å². The number of carboxylic acid groups (broad SMARTS) is 1.